The summed E-state index contributed by atoms with van der Waals surface area (Å²) in [6.45, 7) is -0.399. The van der Waals surface area contributed by atoms with Crippen molar-refractivity contribution in [3.05, 3.63) is 155 Å². The highest BCUT2D eigenvalue weighted by Gasteiger charge is 2.41. The van der Waals surface area contributed by atoms with Crippen LogP contribution in [0.2, 0.25) is 0 Å². The number of nitrogens with zero attached hydrogens (tertiary/aromatic N) is 3. The number of hydrogen-bond donors (Lipinski definition) is 14. The Labute approximate surface area is 587 Å². The molecule has 2 bridgehead atoms. The molecule has 28 nitrogen and oxygen atoms in total. The van der Waals surface area contributed by atoms with Gasteiger partial charge >= 0.3 is 5.97 Å². The summed E-state index contributed by atoms with van der Waals surface area (Å²) in [4.78, 5) is 173. The van der Waals surface area contributed by atoms with Crippen molar-refractivity contribution in [2.24, 2.45) is 11.5 Å². The topological polar surface area (TPSA) is 431 Å². The van der Waals surface area contributed by atoms with Crippen LogP contribution in [0, 0.1) is 11.6 Å². The van der Waals surface area contributed by atoms with Gasteiger partial charge < -0.3 is 83.6 Å². The molecule has 8 atom stereocenters. The average molecular weight is 1430 g/mol. The van der Waals surface area contributed by atoms with E-state index in [1.807, 2.05) is 24.3 Å². The molecule has 1 fully saturated rings. The number of rotatable bonds is 15. The standard InChI is InChI=1S/C69H81F2N15O13S2/c1-85-57(8-2-3-19-72)67(97)77-33-59(88)79-51(24-41-30-75-49-16-12-43(70)26-47(41)49)63(93)80-52(25-42-31-76-50-17-13-44(71)27-48(42)50)64(94)82-54(29-61(90)91)66(96)81-53(28-45-32-74-37-78-45)65(95)83-55(23-38-10-14-46(87)15-11-38)69(99)86-20-5-9-58(86)68(98)84-56(62(73)92)36-101-35-40-7-4-6-39(22-40)34-100-21-18-60(85)89/h4,6-7,10-17,22,26-27,30-32,37,51-58,75-76,87H,2-3,5,8-9,18-21,23-25,28-29,33-36,72H2,1H3,(H2,73,92)(H,74,78)(H,77,97)(H,79,88)(H,80,93)(H,81,96)(H,82,94)(H,83,95)(H,84,98)(H,90,91)/t51-,52-,53-,54-,55-,56-,57-,58-/m0/s1. The van der Waals surface area contributed by atoms with Gasteiger partial charge in [-0.25, -0.2) is 13.8 Å². The number of carboxylic acid groups (broad SMARTS) is 1. The zero-order valence-electron chi connectivity index (χ0n) is 55.2. The number of unbranched alkanes of at least 4 members (excludes halogenated alkanes) is 1. The number of fused-ring (bicyclic) bond motifs is 5. The number of hydrogen-bond acceptors (Lipinski definition) is 16. The number of thioether (sulfide) groups is 2. The van der Waals surface area contributed by atoms with E-state index in [4.69, 9.17) is 11.5 Å². The first-order valence-corrected chi connectivity index (χ1v) is 35.2. The van der Waals surface area contributed by atoms with Crippen molar-refractivity contribution in [2.45, 2.75) is 130 Å². The van der Waals surface area contributed by atoms with Crippen LogP contribution in [-0.4, -0.2) is 192 Å². The van der Waals surface area contributed by atoms with Crippen LogP contribution in [0.5, 0.6) is 5.75 Å². The van der Waals surface area contributed by atoms with Crippen molar-refractivity contribution >= 4 is 110 Å². The van der Waals surface area contributed by atoms with Crippen molar-refractivity contribution in [2.75, 3.05) is 38.2 Å². The van der Waals surface area contributed by atoms with Crippen molar-refractivity contribution in [3.8, 4) is 5.75 Å². The Bertz CT molecular complexity index is 4140. The van der Waals surface area contributed by atoms with Crippen molar-refractivity contribution < 1.29 is 71.7 Å². The number of aromatic nitrogens is 4. The van der Waals surface area contributed by atoms with E-state index in [2.05, 4.69) is 57.2 Å². The monoisotopic (exact) mass is 1430 g/mol. The lowest BCUT2D eigenvalue weighted by Crippen LogP contribution is -2.61. The number of aromatic amines is 3. The van der Waals surface area contributed by atoms with E-state index in [9.17, 15) is 57.4 Å². The largest absolute Gasteiger partial charge is 0.508 e. The maximum absolute atomic E-state index is 15.1. The predicted molar refractivity (Wildman–Crippen MR) is 372 cm³/mol. The average Bonchev–Trinajstić information content (AvgIpc) is 1.62. The molecule has 0 unspecified atom stereocenters. The van der Waals surface area contributed by atoms with E-state index in [-0.39, 0.29) is 79.1 Å². The number of aliphatic carboxylic acids is 1. The molecule has 5 heterocycles. The van der Waals surface area contributed by atoms with Gasteiger partial charge in [0.15, 0.2) is 0 Å². The molecule has 0 spiro atoms. The second-order valence-electron chi connectivity index (χ2n) is 24.8. The van der Waals surface area contributed by atoms with E-state index < -0.39 is 138 Å². The summed E-state index contributed by atoms with van der Waals surface area (Å²) in [6, 6.07) is 8.96. The van der Waals surface area contributed by atoms with Gasteiger partial charge in [0, 0.05) is 115 Å². The fraction of sp³-hybridized carbons (Fsp3) is 0.391. The molecule has 7 aromatic rings. The third-order valence-electron chi connectivity index (χ3n) is 17.5. The highest BCUT2D eigenvalue weighted by atomic mass is 32.2. The van der Waals surface area contributed by atoms with Crippen LogP contribution in [0.25, 0.3) is 21.8 Å². The first kappa shape index (κ1) is 74.9. The molecule has 3 aromatic heterocycles. The highest BCUT2D eigenvalue weighted by molar-refractivity contribution is 7.98. The summed E-state index contributed by atoms with van der Waals surface area (Å²) >= 11 is 2.81. The van der Waals surface area contributed by atoms with Crippen LogP contribution in [0.1, 0.15) is 78.5 Å². The van der Waals surface area contributed by atoms with Crippen LogP contribution in [-0.2, 0) is 89.9 Å². The molecule has 0 aliphatic carbocycles. The van der Waals surface area contributed by atoms with Gasteiger partial charge in [-0.3, -0.25) is 52.7 Å². The number of carbonyl (C=O) groups is 11. The number of halogens is 2. The van der Waals surface area contributed by atoms with E-state index in [1.54, 1.807) is 0 Å². The fourth-order valence-corrected chi connectivity index (χ4v) is 14.0. The molecule has 0 radical (unpaired) electrons. The SMILES string of the molecule is CN1C(=O)CCSCc2cccc(c2)CSC[C@@H](C(N)=O)NC(=O)[C@@H]2CCCN2C(=O)[C@H](Cc2ccc(O)cc2)NC(=O)[C@H](Cc2cnc[nH]2)NC(=O)[C@H](CC(=O)O)NC(=O)[C@H](Cc2c[nH]c3ccc(F)cc23)NC(=O)[C@H](Cc2c[nH]c3ccc(F)cc23)NC(=O)CNC(=O)[C@@H]1CCCCN. The van der Waals surface area contributed by atoms with Crippen molar-refractivity contribution in [3.63, 3.8) is 0 Å². The third kappa shape index (κ3) is 20.9. The Kier molecular flexibility index (Phi) is 26.4. The van der Waals surface area contributed by atoms with E-state index >= 15 is 14.4 Å². The number of benzene rings is 4. The number of nitrogens with two attached hydrogens (primary N) is 2. The first-order valence-electron chi connectivity index (χ1n) is 32.9. The lowest BCUT2D eigenvalue weighted by molar-refractivity contribution is -0.143. The summed E-state index contributed by atoms with van der Waals surface area (Å²) in [7, 11) is 1.48. The minimum Gasteiger partial charge on any atom is -0.508 e. The van der Waals surface area contributed by atoms with Gasteiger partial charge in [-0.1, -0.05) is 36.4 Å². The number of H-pyrrole nitrogens is 3. The maximum Gasteiger partial charge on any atom is 0.305 e. The molecule has 101 heavy (non-hydrogen) atoms. The Balaban J connectivity index is 1.06. The van der Waals surface area contributed by atoms with Gasteiger partial charge in [0.05, 0.1) is 19.3 Å². The predicted octanol–water partition coefficient (Wildman–Crippen LogP) is 2.13. The van der Waals surface area contributed by atoms with E-state index in [0.29, 0.717) is 70.6 Å². The smallest absolute Gasteiger partial charge is 0.305 e. The van der Waals surface area contributed by atoms with Crippen molar-refractivity contribution in [1.29, 1.82) is 0 Å². The summed E-state index contributed by atoms with van der Waals surface area (Å²) in [6.07, 6.45) is 4.59. The number of carboxylic acids is 1. The van der Waals surface area contributed by atoms with Gasteiger partial charge in [0.25, 0.3) is 0 Å². The number of phenolic OH excluding ortho intramolecular Hbond substituents is 1. The molecule has 2 aliphatic rings. The van der Waals surface area contributed by atoms with Gasteiger partial charge in [0.1, 0.15) is 65.7 Å². The van der Waals surface area contributed by atoms with E-state index in [1.165, 1.54) is 126 Å². The van der Waals surface area contributed by atoms with Crippen LogP contribution < -0.4 is 48.7 Å². The van der Waals surface area contributed by atoms with Crippen LogP contribution in [0.4, 0.5) is 8.78 Å². The molecule has 536 valence electrons. The van der Waals surface area contributed by atoms with Crippen LogP contribution in [0.15, 0.2) is 110 Å². The fourth-order valence-electron chi connectivity index (χ4n) is 12.1. The molecule has 1 saturated heterocycles. The zero-order valence-corrected chi connectivity index (χ0v) is 56.8. The molecule has 9 rings (SSSR count). The number of nitrogens with one attached hydrogen (secondary N) is 10. The summed E-state index contributed by atoms with van der Waals surface area (Å²) in [5, 5.41) is 39.3. The molecular formula is C69H81F2N15O13S2. The number of phenols is 1. The Morgan fingerprint density at radius 1 is 0.663 bits per heavy atom. The number of likely N-dealkylation sites (N-methyl/N-ethyl adjacent to an activating group) is 1. The minimum absolute atomic E-state index is 0.0348. The minimum atomic E-state index is -2.04. The number of aromatic hydroxyl groups is 1. The summed E-state index contributed by atoms with van der Waals surface area (Å²) in [5.74, 6) is -10.5. The third-order valence-corrected chi connectivity index (χ3v) is 19.6. The van der Waals surface area contributed by atoms with Crippen LogP contribution >= 0.6 is 23.5 Å². The van der Waals surface area contributed by atoms with Gasteiger partial charge in [0.2, 0.25) is 59.1 Å². The maximum atomic E-state index is 15.1. The molecule has 0 saturated carbocycles. The Morgan fingerprint density at radius 2 is 1.26 bits per heavy atom. The number of primary amides is 1. The quantitative estimate of drug-likeness (QED) is 0.0654. The normalized spacial score (nSPS) is 22.1. The number of imidazole rings is 1. The lowest BCUT2D eigenvalue weighted by atomic mass is 10.0. The second-order valence-corrected chi connectivity index (χ2v) is 27.0. The van der Waals surface area contributed by atoms with Crippen molar-refractivity contribution in [1.82, 2.24) is 67.0 Å². The molecule has 32 heteroatoms. The Morgan fingerprint density at radius 3 is 1.86 bits per heavy atom. The molecule has 16 N–H and O–H groups in total. The summed E-state index contributed by atoms with van der Waals surface area (Å²) in [5.41, 5.74) is 15.6. The molecule has 10 amide bonds. The second kappa shape index (κ2) is 35.6. The first-order chi connectivity index (χ1) is 48.5. The molecule has 4 aromatic carbocycles. The van der Waals surface area contributed by atoms with Crippen LogP contribution in [0.3, 0.4) is 0 Å². The number of carbonyl (C=O) groups excluding carboxylic acids is 10. The van der Waals surface area contributed by atoms with Gasteiger partial charge in [-0.05, 0) is 115 Å². The number of amides is 10. The Hall–Kier alpha value is -10.3. The highest BCUT2D eigenvalue weighted by Crippen LogP contribution is 2.26. The lowest BCUT2D eigenvalue weighted by Gasteiger charge is -2.31. The van der Waals surface area contributed by atoms with E-state index in [0.717, 1.165) is 11.1 Å². The molecular weight excluding hydrogens is 1350 g/mol. The summed E-state index contributed by atoms with van der Waals surface area (Å²) < 4.78 is 29.9. The zero-order chi connectivity index (χ0) is 72.3. The van der Waals surface area contributed by atoms with Gasteiger partial charge in [-0.2, -0.15) is 23.5 Å². The molecule has 2 aliphatic heterocycles. The van der Waals surface area contributed by atoms with Gasteiger partial charge in [-0.15, -0.1) is 0 Å².